The Bertz CT molecular complexity index is 1040. The number of methoxy groups -OCH3 is 4. The molecule has 0 saturated heterocycles. The predicted octanol–water partition coefficient (Wildman–Crippen LogP) is 3.91. The number of hydrogen-bond acceptors (Lipinski definition) is 8. The normalized spacial score (nSPS) is 9.61. The van der Waals surface area contributed by atoms with Gasteiger partial charge in [0, 0.05) is 7.05 Å². The van der Waals surface area contributed by atoms with Crippen LogP contribution >= 0.6 is 0 Å². The van der Waals surface area contributed by atoms with Crippen LogP contribution in [0.1, 0.15) is 21.0 Å². The van der Waals surface area contributed by atoms with Gasteiger partial charge in [-0.3, -0.25) is 9.59 Å². The first kappa shape index (κ1) is 25.0. The maximum Gasteiger partial charge on any atom is 0.274 e. The number of rotatable bonds is 8. The van der Waals surface area contributed by atoms with Crippen molar-refractivity contribution in [1.29, 1.82) is 0 Å². The molecule has 0 unspecified atom stereocenters. The summed E-state index contributed by atoms with van der Waals surface area (Å²) in [6.45, 7) is 0. The maximum atomic E-state index is 12.2. The van der Waals surface area contributed by atoms with Crippen LogP contribution in [-0.4, -0.2) is 52.7 Å². The molecule has 3 aromatic rings. The number of carbonyl (C=O) groups is 2. The molecule has 0 fully saturated rings. The molecular formula is C24H27N3O6. The average molecular weight is 453 g/mol. The number of aldehydes is 1. The number of para-hydroxylation sites is 2. The first-order valence-corrected chi connectivity index (χ1v) is 9.86. The van der Waals surface area contributed by atoms with E-state index in [0.717, 1.165) is 17.2 Å². The lowest BCUT2D eigenvalue weighted by Crippen LogP contribution is -2.15. The quantitative estimate of drug-likeness (QED) is 0.494. The molecule has 174 valence electrons. The second-order valence-corrected chi connectivity index (χ2v) is 6.34. The van der Waals surface area contributed by atoms with Crippen molar-refractivity contribution in [2.45, 2.75) is 0 Å². The SMILES string of the molecule is CNc1c(OC)cccc1OC.COc1cccc(OC)c1NC(=O)c1cccc(C=O)n1. The Hall–Kier alpha value is -4.27. The zero-order valence-corrected chi connectivity index (χ0v) is 19.2. The van der Waals surface area contributed by atoms with Crippen molar-refractivity contribution in [2.75, 3.05) is 46.1 Å². The molecule has 0 aliphatic carbocycles. The van der Waals surface area contributed by atoms with Gasteiger partial charge in [-0.05, 0) is 36.4 Å². The molecule has 0 atom stereocenters. The van der Waals surface area contributed by atoms with Gasteiger partial charge >= 0.3 is 0 Å². The van der Waals surface area contributed by atoms with E-state index in [2.05, 4.69) is 15.6 Å². The van der Waals surface area contributed by atoms with Crippen molar-refractivity contribution in [3.05, 3.63) is 66.0 Å². The van der Waals surface area contributed by atoms with Crippen molar-refractivity contribution >= 4 is 23.6 Å². The molecule has 9 heteroatoms. The number of pyridine rings is 1. The Morgan fingerprint density at radius 2 is 1.21 bits per heavy atom. The second kappa shape index (κ2) is 12.6. The fourth-order valence-corrected chi connectivity index (χ4v) is 2.89. The predicted molar refractivity (Wildman–Crippen MR) is 126 cm³/mol. The third-order valence-corrected chi connectivity index (χ3v) is 4.47. The zero-order valence-electron chi connectivity index (χ0n) is 19.2. The highest BCUT2D eigenvalue weighted by molar-refractivity contribution is 6.05. The van der Waals surface area contributed by atoms with Crippen LogP contribution in [0.15, 0.2) is 54.6 Å². The molecule has 1 aromatic heterocycles. The largest absolute Gasteiger partial charge is 0.494 e. The van der Waals surface area contributed by atoms with Gasteiger partial charge in [0.05, 0.1) is 28.4 Å². The highest BCUT2D eigenvalue weighted by Crippen LogP contribution is 2.34. The van der Waals surface area contributed by atoms with Gasteiger partial charge in [0.1, 0.15) is 45.8 Å². The van der Waals surface area contributed by atoms with E-state index in [1.54, 1.807) is 38.5 Å². The Kier molecular flexibility index (Phi) is 9.51. The number of carbonyl (C=O) groups excluding carboxylic acids is 2. The van der Waals surface area contributed by atoms with Crippen molar-refractivity contribution in [3.8, 4) is 23.0 Å². The molecule has 2 aromatic carbocycles. The summed E-state index contributed by atoms with van der Waals surface area (Å²) in [7, 11) is 8.09. The lowest BCUT2D eigenvalue weighted by molar-refractivity contribution is 0.102. The van der Waals surface area contributed by atoms with Crippen LogP contribution in [0.3, 0.4) is 0 Å². The highest BCUT2D eigenvalue weighted by Gasteiger charge is 2.15. The lowest BCUT2D eigenvalue weighted by Gasteiger charge is -2.13. The fourth-order valence-electron chi connectivity index (χ4n) is 2.89. The van der Waals surface area contributed by atoms with Crippen molar-refractivity contribution < 1.29 is 28.5 Å². The lowest BCUT2D eigenvalue weighted by atomic mass is 10.2. The molecule has 1 heterocycles. The number of ether oxygens (including phenoxy) is 4. The monoisotopic (exact) mass is 453 g/mol. The molecule has 0 saturated carbocycles. The van der Waals surface area contributed by atoms with Gasteiger partial charge in [-0.2, -0.15) is 0 Å². The molecule has 9 nitrogen and oxygen atoms in total. The maximum absolute atomic E-state index is 12.2. The van der Waals surface area contributed by atoms with Crippen LogP contribution in [0, 0.1) is 0 Å². The van der Waals surface area contributed by atoms with Crippen LogP contribution in [0.5, 0.6) is 23.0 Å². The zero-order chi connectivity index (χ0) is 24.2. The summed E-state index contributed by atoms with van der Waals surface area (Å²) in [5.74, 6) is 2.05. The van der Waals surface area contributed by atoms with E-state index in [0.29, 0.717) is 23.5 Å². The third-order valence-electron chi connectivity index (χ3n) is 4.47. The number of benzene rings is 2. The molecule has 0 aliphatic heterocycles. The van der Waals surface area contributed by atoms with Gasteiger partial charge in [0.15, 0.2) is 6.29 Å². The Morgan fingerprint density at radius 1 is 0.758 bits per heavy atom. The number of amides is 1. The minimum Gasteiger partial charge on any atom is -0.494 e. The molecule has 3 rings (SSSR count). The fraction of sp³-hybridized carbons (Fsp3) is 0.208. The van der Waals surface area contributed by atoms with Crippen LogP contribution in [0.2, 0.25) is 0 Å². The van der Waals surface area contributed by atoms with Gasteiger partial charge in [-0.15, -0.1) is 0 Å². The van der Waals surface area contributed by atoms with E-state index in [1.165, 1.54) is 26.4 Å². The Morgan fingerprint density at radius 3 is 1.64 bits per heavy atom. The van der Waals surface area contributed by atoms with Crippen LogP contribution in [-0.2, 0) is 0 Å². The Balaban J connectivity index is 0.000000273. The van der Waals surface area contributed by atoms with Gasteiger partial charge in [-0.1, -0.05) is 18.2 Å². The van der Waals surface area contributed by atoms with Gasteiger partial charge < -0.3 is 29.6 Å². The summed E-state index contributed by atoms with van der Waals surface area (Å²) in [6.07, 6.45) is 0.584. The number of aromatic nitrogens is 1. The molecule has 2 N–H and O–H groups in total. The van der Waals surface area contributed by atoms with E-state index in [-0.39, 0.29) is 11.4 Å². The third kappa shape index (κ3) is 6.36. The van der Waals surface area contributed by atoms with Crippen molar-refractivity contribution in [2.24, 2.45) is 0 Å². The molecule has 0 radical (unpaired) electrons. The summed E-state index contributed by atoms with van der Waals surface area (Å²) in [5, 5.41) is 5.70. The summed E-state index contributed by atoms with van der Waals surface area (Å²) in [5.41, 5.74) is 1.61. The first-order valence-electron chi connectivity index (χ1n) is 9.86. The summed E-state index contributed by atoms with van der Waals surface area (Å²) >= 11 is 0. The summed E-state index contributed by atoms with van der Waals surface area (Å²) < 4.78 is 20.7. The summed E-state index contributed by atoms with van der Waals surface area (Å²) in [6, 6.07) is 15.4. The summed E-state index contributed by atoms with van der Waals surface area (Å²) in [4.78, 5) is 26.9. The standard InChI is InChI=1S/C15H14N2O4.C9H13NO2/c1-20-12-7-4-8-13(21-2)14(12)17-15(19)11-6-3-5-10(9-18)16-11;1-10-9-7(11-2)5-4-6-8(9)12-3/h3-9H,1-2H3,(H,17,19);4-6,10H,1-3H3. The number of anilines is 2. The minimum atomic E-state index is -0.457. The average Bonchev–Trinajstić information content (AvgIpc) is 2.88. The topological polar surface area (TPSA) is 108 Å². The molecule has 0 spiro atoms. The molecule has 1 amide bonds. The second-order valence-electron chi connectivity index (χ2n) is 6.34. The number of hydrogen-bond donors (Lipinski definition) is 2. The molecule has 33 heavy (non-hydrogen) atoms. The van der Waals surface area contributed by atoms with E-state index in [1.807, 2.05) is 25.2 Å². The molecular weight excluding hydrogens is 426 g/mol. The number of nitrogens with one attached hydrogen (secondary N) is 2. The van der Waals surface area contributed by atoms with Crippen LogP contribution in [0.4, 0.5) is 11.4 Å². The highest BCUT2D eigenvalue weighted by atomic mass is 16.5. The van der Waals surface area contributed by atoms with Gasteiger partial charge in [0.25, 0.3) is 5.91 Å². The van der Waals surface area contributed by atoms with E-state index in [9.17, 15) is 9.59 Å². The van der Waals surface area contributed by atoms with Gasteiger partial charge in [0.2, 0.25) is 0 Å². The van der Waals surface area contributed by atoms with Crippen LogP contribution < -0.4 is 29.6 Å². The first-order chi connectivity index (χ1) is 16.0. The molecule has 0 bridgehead atoms. The Labute approximate surface area is 192 Å². The number of nitrogens with zero attached hydrogens (tertiary/aromatic N) is 1. The van der Waals surface area contributed by atoms with Gasteiger partial charge in [-0.25, -0.2) is 4.98 Å². The van der Waals surface area contributed by atoms with Crippen molar-refractivity contribution in [1.82, 2.24) is 4.98 Å². The minimum absolute atomic E-state index is 0.132. The molecule has 0 aliphatic rings. The van der Waals surface area contributed by atoms with Crippen LogP contribution in [0.25, 0.3) is 0 Å². The van der Waals surface area contributed by atoms with Crippen molar-refractivity contribution in [3.63, 3.8) is 0 Å². The van der Waals surface area contributed by atoms with E-state index >= 15 is 0 Å². The van der Waals surface area contributed by atoms with E-state index in [4.69, 9.17) is 18.9 Å². The smallest absolute Gasteiger partial charge is 0.274 e. The van der Waals surface area contributed by atoms with E-state index < -0.39 is 5.91 Å².